The van der Waals surface area contributed by atoms with E-state index in [4.69, 9.17) is 40.1 Å². The summed E-state index contributed by atoms with van der Waals surface area (Å²) in [5, 5.41) is 46.7. The summed E-state index contributed by atoms with van der Waals surface area (Å²) < 4.78 is 0. The zero-order valence-corrected chi connectivity index (χ0v) is 62.8. The summed E-state index contributed by atoms with van der Waals surface area (Å²) in [5.41, 5.74) is 38.5. The summed E-state index contributed by atoms with van der Waals surface area (Å²) in [5.74, 6) is -12.2. The zero-order chi connectivity index (χ0) is 80.2. The number of carboxylic acid groups (broad SMARTS) is 1. The number of aromatic amines is 1. The molecule has 39 nitrogen and oxygen atoms in total. The van der Waals surface area contributed by atoms with Gasteiger partial charge in [-0.15, -0.1) is 0 Å². The maximum absolute atomic E-state index is 14.5. The minimum atomic E-state index is -1.78. The number of aliphatic hydroxyl groups excluding tert-OH is 1. The minimum Gasteiger partial charge on any atom is -0.480 e. The van der Waals surface area contributed by atoms with Crippen LogP contribution >= 0.6 is 11.8 Å². The van der Waals surface area contributed by atoms with E-state index in [1.807, 2.05) is 0 Å². The van der Waals surface area contributed by atoms with Crippen molar-refractivity contribution in [2.75, 3.05) is 57.9 Å². The van der Waals surface area contributed by atoms with E-state index in [1.165, 1.54) is 47.9 Å². The predicted molar refractivity (Wildman–Crippen MR) is 399 cm³/mol. The van der Waals surface area contributed by atoms with Crippen LogP contribution in [0.25, 0.3) is 0 Å². The van der Waals surface area contributed by atoms with Crippen LogP contribution in [-0.4, -0.2) is 255 Å². The number of amides is 13. The summed E-state index contributed by atoms with van der Waals surface area (Å²) in [4.78, 5) is 210. The second kappa shape index (κ2) is 46.1. The molecule has 0 unspecified atom stereocenters. The van der Waals surface area contributed by atoms with Crippen molar-refractivity contribution < 1.29 is 77.3 Å². The molecule has 3 heterocycles. The molecule has 11 atom stereocenters. The van der Waals surface area contributed by atoms with E-state index >= 15 is 0 Å². The molecular formula is C68H111N23O16S. The molecule has 1 aromatic heterocycles. The first-order valence-electron chi connectivity index (χ1n) is 36.0. The fourth-order valence-electron chi connectivity index (χ4n) is 11.9. The second-order valence-electron chi connectivity index (χ2n) is 27.4. The number of aliphatic hydroxyl groups is 1. The number of imidazole rings is 1. The summed E-state index contributed by atoms with van der Waals surface area (Å²) in [6.07, 6.45) is 5.78. The number of primary amides is 1. The Bertz CT molecular complexity index is 3410. The van der Waals surface area contributed by atoms with Crippen molar-refractivity contribution in [3.05, 3.63) is 54.1 Å². The van der Waals surface area contributed by atoms with Crippen LogP contribution < -0.4 is 93.3 Å². The number of aliphatic carboxylic acids is 1. The minimum absolute atomic E-state index is 0.000658. The molecule has 2 fully saturated rings. The first kappa shape index (κ1) is 90.2. The third-order valence-electron chi connectivity index (χ3n) is 17.8. The first-order chi connectivity index (χ1) is 51.2. The van der Waals surface area contributed by atoms with Crippen LogP contribution in [0.1, 0.15) is 135 Å². The second-order valence-corrected chi connectivity index (χ2v) is 28.4. The number of likely N-dealkylation sites (tertiary alicyclic amines) is 2. The lowest BCUT2D eigenvalue weighted by atomic mass is 10.0. The van der Waals surface area contributed by atoms with Gasteiger partial charge in [0.1, 0.15) is 66.0 Å². The lowest BCUT2D eigenvalue weighted by Gasteiger charge is -2.31. The zero-order valence-electron chi connectivity index (χ0n) is 61.9. The number of nitrogens with one attached hydrogen (secondary N) is 11. The SMILES string of the molecule is CSCC[C@H](NC(=O)[C@@H]1CCCN1C(=O)CNC(=O)[C@H](CCCCN)NC(=O)[C@H](Cc1cnc[nH]1)NC(=O)[C@H](CO)NC(=O)[C@H](CC(C)C)NC(=O)[C@H](CCCN=C(N)N)NC(=O)[C@@H]1CCCN1C(=O)[C@H](CCCN=C(N)N)NC(=O)[C@@H](N)CCC(N)=O)C(=O)NC(C)(C)C(=O)N[C@@H](Cc1ccccc1)C(=O)O. The quantitative estimate of drug-likeness (QED) is 0.0166. The lowest BCUT2D eigenvalue weighted by Crippen LogP contribution is -2.62. The highest BCUT2D eigenvalue weighted by Crippen LogP contribution is 2.23. The molecule has 0 spiro atoms. The molecule has 0 radical (unpaired) electrons. The number of hydrogen-bond acceptors (Lipinski definition) is 21. The van der Waals surface area contributed by atoms with E-state index in [9.17, 15) is 77.3 Å². The van der Waals surface area contributed by atoms with Crippen molar-refractivity contribution in [2.24, 2.45) is 56.0 Å². The first-order valence-corrected chi connectivity index (χ1v) is 37.4. The Balaban J connectivity index is 1.49. The molecule has 27 N–H and O–H groups in total. The number of aromatic nitrogens is 2. The van der Waals surface area contributed by atoms with E-state index in [-0.39, 0.29) is 134 Å². The highest BCUT2D eigenvalue weighted by Gasteiger charge is 2.42. The van der Waals surface area contributed by atoms with Crippen LogP contribution in [0.15, 0.2) is 52.8 Å². The molecule has 2 aromatic rings. The Hall–Kier alpha value is -10.2. The Kier molecular flexibility index (Phi) is 38.5. The molecule has 0 bridgehead atoms. The molecule has 2 aliphatic rings. The predicted octanol–water partition coefficient (Wildman–Crippen LogP) is -6.23. The monoisotopic (exact) mass is 1540 g/mol. The van der Waals surface area contributed by atoms with Crippen LogP contribution in [-0.2, 0) is 80.0 Å². The van der Waals surface area contributed by atoms with E-state index < -0.39 is 168 Å². The van der Waals surface area contributed by atoms with Crippen LogP contribution in [0.5, 0.6) is 0 Å². The molecule has 600 valence electrons. The van der Waals surface area contributed by atoms with Crippen LogP contribution in [0.3, 0.4) is 0 Å². The third kappa shape index (κ3) is 30.9. The number of carbonyl (C=O) groups is 14. The van der Waals surface area contributed by atoms with E-state index in [1.54, 1.807) is 50.4 Å². The van der Waals surface area contributed by atoms with Gasteiger partial charge in [-0.25, -0.2) is 9.78 Å². The number of nitrogens with two attached hydrogens (primary N) is 7. The van der Waals surface area contributed by atoms with Gasteiger partial charge in [0.2, 0.25) is 76.8 Å². The van der Waals surface area contributed by atoms with E-state index in [0.29, 0.717) is 42.7 Å². The van der Waals surface area contributed by atoms with Gasteiger partial charge in [0.15, 0.2) is 11.9 Å². The number of unbranched alkanes of at least 4 members (excludes halogenated alkanes) is 1. The van der Waals surface area contributed by atoms with Gasteiger partial charge in [-0.1, -0.05) is 44.2 Å². The van der Waals surface area contributed by atoms with Gasteiger partial charge in [-0.05, 0) is 134 Å². The van der Waals surface area contributed by atoms with Gasteiger partial charge < -0.3 is 118 Å². The van der Waals surface area contributed by atoms with Gasteiger partial charge in [0.25, 0.3) is 0 Å². The standard InChI is InChI=1S/C68H111N23O16S/c1-38(2)31-46(85-56(97)43(18-11-26-77-66(72)73)82-62(103)51-21-14-29-91(51)63(104)45(19-12-27-78-67(74)75)84-54(95)41(70)22-23-52(71)93)57(98)87-49(36-92)59(100)86-47(33-40-34-76-37-80-40)58(99)81-42(17-9-10-25-69)55(96)79-35-53(94)90-28-13-20-50(90)61(102)83-44(24-30-108-5)60(101)89-68(3,4)65(107)88-48(64(105)106)32-39-15-7-6-8-16-39/h6-8,15-16,34,37-38,41-51,92H,9-14,17-33,35-36,69-70H2,1-5H3,(H2,71,93)(H,76,80)(H,79,96)(H,81,99)(H,82,103)(H,83,102)(H,84,95)(H,85,97)(H,86,100)(H,87,98)(H,88,107)(H,89,101)(H,105,106)(H4,72,73,77)(H4,74,75,78)/t41-,42-,43-,44-,45-,46-,47-,48-,49-,50-,51-/m0/s1. The Morgan fingerprint density at radius 3 is 1.71 bits per heavy atom. The maximum Gasteiger partial charge on any atom is 0.326 e. The Morgan fingerprint density at radius 1 is 0.620 bits per heavy atom. The fraction of sp³-hybridized carbons (Fsp3) is 0.632. The number of benzene rings is 1. The highest BCUT2D eigenvalue weighted by atomic mass is 32.2. The van der Waals surface area contributed by atoms with Crippen LogP contribution in [0.2, 0.25) is 0 Å². The Labute approximate surface area is 631 Å². The third-order valence-corrected chi connectivity index (χ3v) is 18.4. The average molecular weight is 1540 g/mol. The molecule has 4 rings (SSSR count). The molecule has 1 aromatic carbocycles. The number of aliphatic imine (C=N–C) groups is 2. The molecule has 2 saturated heterocycles. The summed E-state index contributed by atoms with van der Waals surface area (Å²) in [6.45, 7) is 5.01. The Morgan fingerprint density at radius 2 is 1.15 bits per heavy atom. The number of H-pyrrole nitrogens is 1. The van der Waals surface area contributed by atoms with Crippen LogP contribution in [0.4, 0.5) is 0 Å². The average Bonchev–Trinajstić information content (AvgIpc) is 1.65. The van der Waals surface area contributed by atoms with Gasteiger partial charge in [0, 0.05) is 57.3 Å². The highest BCUT2D eigenvalue weighted by molar-refractivity contribution is 7.98. The summed E-state index contributed by atoms with van der Waals surface area (Å²) >= 11 is 1.39. The van der Waals surface area contributed by atoms with Crippen molar-refractivity contribution in [1.82, 2.24) is 72.9 Å². The summed E-state index contributed by atoms with van der Waals surface area (Å²) in [6, 6.07) is -6.13. The van der Waals surface area contributed by atoms with Gasteiger partial charge in [-0.3, -0.25) is 72.3 Å². The van der Waals surface area contributed by atoms with Gasteiger partial charge >= 0.3 is 5.97 Å². The lowest BCUT2D eigenvalue weighted by molar-refractivity contribution is -0.143. The number of thioether (sulfide) groups is 1. The number of carbonyl (C=O) groups excluding carboxylic acids is 13. The normalized spacial score (nSPS) is 16.6. The largest absolute Gasteiger partial charge is 0.480 e. The molecule has 40 heteroatoms. The molecule has 2 aliphatic heterocycles. The van der Waals surface area contributed by atoms with Crippen LogP contribution in [0, 0.1) is 5.92 Å². The molecular weight excluding hydrogens is 1430 g/mol. The number of hydrogen-bond donors (Lipinski definition) is 20. The molecule has 0 saturated carbocycles. The number of guanidine groups is 2. The summed E-state index contributed by atoms with van der Waals surface area (Å²) in [7, 11) is 0. The number of rotatable bonds is 48. The number of carboxylic acids is 1. The molecule has 108 heavy (non-hydrogen) atoms. The van der Waals surface area contributed by atoms with Crippen molar-refractivity contribution in [1.29, 1.82) is 0 Å². The molecule has 13 amide bonds. The van der Waals surface area contributed by atoms with E-state index in [2.05, 4.69) is 73.1 Å². The van der Waals surface area contributed by atoms with Gasteiger partial charge in [-0.2, -0.15) is 11.8 Å². The van der Waals surface area contributed by atoms with Crippen molar-refractivity contribution in [3.63, 3.8) is 0 Å². The number of nitrogens with zero attached hydrogens (tertiary/aromatic N) is 5. The molecule has 0 aliphatic carbocycles. The van der Waals surface area contributed by atoms with Gasteiger partial charge in [0.05, 0.1) is 25.5 Å². The fourth-order valence-corrected chi connectivity index (χ4v) is 12.4. The van der Waals surface area contributed by atoms with Crippen molar-refractivity contribution >= 4 is 106 Å². The van der Waals surface area contributed by atoms with Crippen molar-refractivity contribution in [3.8, 4) is 0 Å². The topological polar surface area (TPSA) is 642 Å². The smallest absolute Gasteiger partial charge is 0.326 e. The van der Waals surface area contributed by atoms with Crippen molar-refractivity contribution in [2.45, 2.75) is 209 Å². The van der Waals surface area contributed by atoms with E-state index in [0.717, 1.165) is 0 Å². The maximum atomic E-state index is 14.5.